The number of hydrogen-bond donors (Lipinski definition) is 1. The van der Waals surface area contributed by atoms with Gasteiger partial charge in [0.05, 0.1) is 16.5 Å². The van der Waals surface area contributed by atoms with Crippen molar-refractivity contribution < 1.29 is 41.0 Å². The molecule has 0 aliphatic rings. The number of carbonyl (C=O) groups is 1. The van der Waals surface area contributed by atoms with Gasteiger partial charge in [-0.3, -0.25) is 0 Å². The molecule has 0 atom stereocenters. The van der Waals surface area contributed by atoms with Crippen LogP contribution in [-0.2, 0) is 15.6 Å². The van der Waals surface area contributed by atoms with Crippen LogP contribution in [0.25, 0.3) is 0 Å². The molecule has 0 saturated heterocycles. The number of rotatable bonds is 6. The first kappa shape index (κ1) is 26.6. The number of alkyl halides is 6. The number of carbonyl (C=O) groups excluding carboxylic acids is 1. The van der Waals surface area contributed by atoms with E-state index in [-0.39, 0.29) is 5.56 Å². The molecule has 0 unspecified atom stereocenters. The quantitative estimate of drug-likeness (QED) is 0.229. The molecule has 3 nitrogen and oxygen atoms in total. The molecule has 0 aliphatic carbocycles. The van der Waals surface area contributed by atoms with Crippen LogP contribution >= 0.6 is 0 Å². The van der Waals surface area contributed by atoms with Crippen molar-refractivity contribution in [2.24, 2.45) is 0 Å². The normalized spacial score (nSPS) is 13.1. The molecule has 186 valence electrons. The van der Waals surface area contributed by atoms with Crippen LogP contribution in [0.2, 0.25) is 0 Å². The van der Waals surface area contributed by atoms with Crippen molar-refractivity contribution in [1.29, 1.82) is 0 Å². The van der Waals surface area contributed by atoms with E-state index in [9.17, 15) is 36.2 Å². The van der Waals surface area contributed by atoms with E-state index in [1.54, 1.807) is 12.1 Å². The maximum Gasteiger partial charge on any atom is 0.430 e. The lowest BCUT2D eigenvalue weighted by Gasteiger charge is -2.43. The van der Waals surface area contributed by atoms with E-state index in [0.29, 0.717) is 13.8 Å². The molecule has 1 N–H and O–H groups in total. The predicted molar refractivity (Wildman–Crippen MR) is 118 cm³/mol. The standard InChI is InChI=1S/C25H21F6O3S/c1-22(2,23(33,24(26,27)28)25(29,30)31)34-21(32)17-13-15-20(16-14-17)35(18-9-5-3-6-10-18)19-11-7-4-8-12-19/h3-16,33H,1-2H3/q+1. The van der Waals surface area contributed by atoms with E-state index in [1.807, 2.05) is 60.7 Å². The highest BCUT2D eigenvalue weighted by molar-refractivity contribution is 7.97. The Morgan fingerprint density at radius 1 is 0.686 bits per heavy atom. The Bertz CT molecular complexity index is 1090. The van der Waals surface area contributed by atoms with Gasteiger partial charge in [0.1, 0.15) is 0 Å². The first-order valence-corrected chi connectivity index (χ1v) is 11.4. The summed E-state index contributed by atoms with van der Waals surface area (Å²) in [5.41, 5.74) is -8.90. The summed E-state index contributed by atoms with van der Waals surface area (Å²) in [6.45, 7) is 0.727. The fourth-order valence-electron chi connectivity index (χ4n) is 3.46. The van der Waals surface area contributed by atoms with Crippen LogP contribution in [0.1, 0.15) is 24.2 Å². The monoisotopic (exact) mass is 515 g/mol. The zero-order valence-corrected chi connectivity index (χ0v) is 19.3. The van der Waals surface area contributed by atoms with Crippen LogP contribution in [-0.4, -0.2) is 34.6 Å². The van der Waals surface area contributed by atoms with E-state index in [2.05, 4.69) is 4.74 Å². The fraction of sp³-hybridized carbons (Fsp3) is 0.240. The Balaban J connectivity index is 1.92. The number of benzene rings is 3. The Morgan fingerprint density at radius 2 is 1.06 bits per heavy atom. The molecule has 0 fully saturated rings. The largest absolute Gasteiger partial charge is 0.452 e. The van der Waals surface area contributed by atoms with Gasteiger partial charge >= 0.3 is 18.3 Å². The zero-order valence-electron chi connectivity index (χ0n) is 18.5. The lowest BCUT2D eigenvalue weighted by molar-refractivity contribution is -0.406. The van der Waals surface area contributed by atoms with E-state index in [1.165, 1.54) is 12.1 Å². The summed E-state index contributed by atoms with van der Waals surface area (Å²) in [5.74, 6) is -1.44. The van der Waals surface area contributed by atoms with Crippen LogP contribution in [0, 0.1) is 0 Å². The highest BCUT2D eigenvalue weighted by Crippen LogP contribution is 2.50. The number of halogens is 6. The van der Waals surface area contributed by atoms with E-state index in [0.717, 1.165) is 14.7 Å². The summed E-state index contributed by atoms with van der Waals surface area (Å²) in [5, 5.41) is 9.65. The number of esters is 1. The summed E-state index contributed by atoms with van der Waals surface area (Å²) < 4.78 is 84.1. The molecular formula is C25H21F6O3S+. The molecule has 3 aromatic rings. The van der Waals surface area contributed by atoms with Gasteiger partial charge in [0.15, 0.2) is 20.3 Å². The third kappa shape index (κ3) is 5.18. The molecule has 0 aromatic heterocycles. The average Bonchev–Trinajstić information content (AvgIpc) is 2.78. The number of ether oxygens (including phenoxy) is 1. The zero-order chi connectivity index (χ0) is 26.1. The molecule has 0 aliphatic heterocycles. The van der Waals surface area contributed by atoms with Gasteiger partial charge in [-0.15, -0.1) is 0 Å². The summed E-state index contributed by atoms with van der Waals surface area (Å²) in [6.07, 6.45) is -12.3. The third-order valence-electron chi connectivity index (χ3n) is 5.32. The van der Waals surface area contributed by atoms with Gasteiger partial charge in [-0.05, 0) is 62.4 Å². The van der Waals surface area contributed by atoms with Gasteiger partial charge in [0.2, 0.25) is 0 Å². The van der Waals surface area contributed by atoms with E-state index >= 15 is 0 Å². The average molecular weight is 515 g/mol. The molecule has 3 rings (SSSR count). The van der Waals surface area contributed by atoms with Gasteiger partial charge in [-0.1, -0.05) is 36.4 Å². The molecule has 0 spiro atoms. The van der Waals surface area contributed by atoms with Crippen molar-refractivity contribution in [2.75, 3.05) is 0 Å². The van der Waals surface area contributed by atoms with Gasteiger partial charge in [0.25, 0.3) is 5.60 Å². The lowest BCUT2D eigenvalue weighted by Crippen LogP contribution is -2.69. The molecule has 10 heteroatoms. The summed E-state index contributed by atoms with van der Waals surface area (Å²) in [6, 6.07) is 24.6. The van der Waals surface area contributed by atoms with Crippen LogP contribution in [0.4, 0.5) is 26.3 Å². The SMILES string of the molecule is CC(C)(OC(=O)c1ccc([S+](c2ccccc2)c2ccccc2)cc1)C(O)(C(F)(F)F)C(F)(F)F. The van der Waals surface area contributed by atoms with Gasteiger partial charge < -0.3 is 9.84 Å². The van der Waals surface area contributed by atoms with Gasteiger partial charge in [-0.25, -0.2) is 4.79 Å². The second-order valence-electron chi connectivity index (χ2n) is 8.06. The highest BCUT2D eigenvalue weighted by Gasteiger charge is 2.78. The van der Waals surface area contributed by atoms with Gasteiger partial charge in [-0.2, -0.15) is 26.3 Å². The van der Waals surface area contributed by atoms with Crippen LogP contribution in [0.5, 0.6) is 0 Å². The molecule has 0 amide bonds. The molecule has 0 heterocycles. The predicted octanol–water partition coefficient (Wildman–Crippen LogP) is 6.57. The maximum atomic E-state index is 13.3. The van der Waals surface area contributed by atoms with E-state index in [4.69, 9.17) is 0 Å². The summed E-state index contributed by atoms with van der Waals surface area (Å²) in [7, 11) is -0.582. The molecule has 35 heavy (non-hydrogen) atoms. The Morgan fingerprint density at radius 3 is 1.43 bits per heavy atom. The smallest absolute Gasteiger partial charge is 0.430 e. The second-order valence-corrected chi connectivity index (χ2v) is 10.1. The van der Waals surface area contributed by atoms with Crippen LogP contribution in [0.15, 0.2) is 99.6 Å². The lowest BCUT2D eigenvalue weighted by atomic mass is 9.84. The molecular weight excluding hydrogens is 494 g/mol. The van der Waals surface area contributed by atoms with Crippen molar-refractivity contribution >= 4 is 16.9 Å². The Labute approximate surface area is 200 Å². The third-order valence-corrected chi connectivity index (χ3v) is 7.55. The Kier molecular flexibility index (Phi) is 7.29. The van der Waals surface area contributed by atoms with E-state index < -0.39 is 40.4 Å². The molecule has 3 aromatic carbocycles. The number of aliphatic hydroxyl groups is 1. The fourth-order valence-corrected chi connectivity index (χ4v) is 5.54. The molecule has 0 radical (unpaired) electrons. The Hall–Kier alpha value is -2.98. The molecule has 0 saturated carbocycles. The second kappa shape index (κ2) is 9.58. The van der Waals surface area contributed by atoms with Crippen molar-refractivity contribution in [2.45, 2.75) is 52.1 Å². The minimum atomic E-state index is -6.14. The molecule has 0 bridgehead atoms. The van der Waals surface area contributed by atoms with Crippen LogP contribution in [0.3, 0.4) is 0 Å². The first-order valence-electron chi connectivity index (χ1n) is 10.2. The van der Waals surface area contributed by atoms with Gasteiger partial charge in [0, 0.05) is 0 Å². The first-order chi connectivity index (χ1) is 16.2. The maximum absolute atomic E-state index is 13.3. The van der Waals surface area contributed by atoms with Crippen molar-refractivity contribution in [3.05, 3.63) is 90.5 Å². The van der Waals surface area contributed by atoms with Crippen molar-refractivity contribution in [3.8, 4) is 0 Å². The number of hydrogen-bond acceptors (Lipinski definition) is 3. The minimum absolute atomic E-state index is 0.266. The van der Waals surface area contributed by atoms with Crippen molar-refractivity contribution in [1.82, 2.24) is 0 Å². The topological polar surface area (TPSA) is 46.5 Å². The summed E-state index contributed by atoms with van der Waals surface area (Å²) in [4.78, 5) is 15.2. The summed E-state index contributed by atoms with van der Waals surface area (Å²) >= 11 is 0. The highest BCUT2D eigenvalue weighted by atomic mass is 32.2. The van der Waals surface area contributed by atoms with Crippen LogP contribution < -0.4 is 0 Å². The van der Waals surface area contributed by atoms with Crippen molar-refractivity contribution in [3.63, 3.8) is 0 Å². The minimum Gasteiger partial charge on any atom is -0.452 e.